The Balaban J connectivity index is 3.96. The van der Waals surface area contributed by atoms with Gasteiger partial charge in [0.05, 0.1) is 0 Å². The molecular weight excluding hydrogens is 464 g/mol. The van der Waals surface area contributed by atoms with Gasteiger partial charge in [0.1, 0.15) is 0 Å². The molecule has 0 saturated carbocycles. The molecule has 38 heavy (non-hydrogen) atoms. The van der Waals surface area contributed by atoms with Gasteiger partial charge in [-0.2, -0.15) is 0 Å². The number of nitrogens with zero attached hydrogens (tertiary/aromatic N) is 1. The molecule has 3 heteroatoms. The fourth-order valence-corrected chi connectivity index (χ4v) is 5.43. The van der Waals surface area contributed by atoms with E-state index in [0.29, 0.717) is 6.42 Å². The van der Waals surface area contributed by atoms with Gasteiger partial charge in [0.2, 0.25) is 5.91 Å². The minimum absolute atomic E-state index is 0.132. The number of rotatable bonds is 29. The van der Waals surface area contributed by atoms with Crippen LogP contribution in [0.4, 0.5) is 0 Å². The number of amides is 1. The molecule has 0 spiro atoms. The molecule has 0 radical (unpaired) electrons. The van der Waals surface area contributed by atoms with Crippen LogP contribution in [-0.4, -0.2) is 36.0 Å². The lowest BCUT2D eigenvalue weighted by molar-refractivity contribution is -0.122. The average molecular weight is 537 g/mol. The molecule has 0 aromatic rings. The van der Waals surface area contributed by atoms with Gasteiger partial charge in [0.25, 0.3) is 0 Å². The van der Waals surface area contributed by atoms with E-state index >= 15 is 0 Å². The van der Waals surface area contributed by atoms with Crippen LogP contribution in [0.1, 0.15) is 195 Å². The Morgan fingerprint density at radius 1 is 0.474 bits per heavy atom. The number of carbonyl (C=O) groups excluding carboxylic acids is 1. The van der Waals surface area contributed by atoms with E-state index < -0.39 is 0 Å². The first-order valence-electron chi connectivity index (χ1n) is 17.4. The Morgan fingerprint density at radius 3 is 1.05 bits per heavy atom. The maximum atomic E-state index is 12.4. The lowest BCUT2D eigenvalue weighted by Gasteiger charge is -2.24. The van der Waals surface area contributed by atoms with Crippen molar-refractivity contribution in [3.8, 4) is 0 Å². The summed E-state index contributed by atoms with van der Waals surface area (Å²) < 4.78 is 0. The maximum absolute atomic E-state index is 12.4. The van der Waals surface area contributed by atoms with Crippen molar-refractivity contribution in [2.75, 3.05) is 19.6 Å². The summed E-state index contributed by atoms with van der Waals surface area (Å²) in [5.74, 6) is 0.201. The zero-order chi connectivity index (χ0) is 28.2. The van der Waals surface area contributed by atoms with E-state index in [2.05, 4.69) is 44.8 Å². The van der Waals surface area contributed by atoms with Gasteiger partial charge in [-0.3, -0.25) is 4.79 Å². The molecule has 0 saturated heterocycles. The highest BCUT2D eigenvalue weighted by molar-refractivity contribution is 5.76. The Morgan fingerprint density at radius 2 is 0.763 bits per heavy atom. The van der Waals surface area contributed by atoms with Gasteiger partial charge in [-0.15, -0.1) is 0 Å². The molecule has 0 bridgehead atoms. The van der Waals surface area contributed by atoms with Crippen LogP contribution in [-0.2, 0) is 4.79 Å². The molecule has 0 unspecified atom stereocenters. The fraction of sp³-hybridized carbons (Fsp3) is 0.971. The van der Waals surface area contributed by atoms with Gasteiger partial charge in [0, 0.05) is 18.5 Å². The Labute approximate surface area is 241 Å². The highest BCUT2D eigenvalue weighted by atomic mass is 16.1. The molecule has 0 rings (SSSR count). The third kappa shape index (κ3) is 30.0. The van der Waals surface area contributed by atoms with Gasteiger partial charge < -0.3 is 10.2 Å². The molecule has 1 N–H and O–H groups in total. The van der Waals surface area contributed by atoms with Gasteiger partial charge in [-0.1, -0.05) is 155 Å². The van der Waals surface area contributed by atoms with Gasteiger partial charge >= 0.3 is 0 Å². The molecule has 0 aliphatic heterocycles. The monoisotopic (exact) mass is 537 g/mol. The highest BCUT2D eigenvalue weighted by Gasteiger charge is 2.15. The van der Waals surface area contributed by atoms with Crippen molar-refractivity contribution in [2.24, 2.45) is 0 Å². The van der Waals surface area contributed by atoms with Crippen molar-refractivity contribution in [2.45, 2.75) is 201 Å². The third-order valence-electron chi connectivity index (χ3n) is 7.83. The standard InChI is InChI=1S/C35H72N2O/c1-6-8-10-12-14-16-18-20-22-24-26-28-31-37(33-30-34(38)36-35(3,4)5)32-29-27-25-23-21-19-17-15-13-11-9-7-2/h6-33H2,1-5H3,(H,36,38). The number of hydrogen-bond donors (Lipinski definition) is 1. The van der Waals surface area contributed by atoms with Crippen molar-refractivity contribution in [1.29, 1.82) is 0 Å². The van der Waals surface area contributed by atoms with Gasteiger partial charge in [-0.05, 0) is 46.7 Å². The average Bonchev–Trinajstić information content (AvgIpc) is 2.87. The lowest BCUT2D eigenvalue weighted by Crippen LogP contribution is -2.42. The zero-order valence-corrected chi connectivity index (χ0v) is 27.2. The van der Waals surface area contributed by atoms with Crippen LogP contribution in [0.25, 0.3) is 0 Å². The van der Waals surface area contributed by atoms with Crippen molar-refractivity contribution >= 4 is 5.91 Å². The smallest absolute Gasteiger partial charge is 0.221 e. The summed E-state index contributed by atoms with van der Waals surface area (Å²) in [6.45, 7) is 14.0. The molecule has 1 amide bonds. The van der Waals surface area contributed by atoms with E-state index in [9.17, 15) is 4.79 Å². The van der Waals surface area contributed by atoms with Crippen LogP contribution in [0.5, 0.6) is 0 Å². The first kappa shape index (κ1) is 37.4. The van der Waals surface area contributed by atoms with E-state index in [-0.39, 0.29) is 11.4 Å². The quantitative estimate of drug-likeness (QED) is 0.0964. The van der Waals surface area contributed by atoms with Crippen molar-refractivity contribution in [1.82, 2.24) is 10.2 Å². The zero-order valence-electron chi connectivity index (χ0n) is 27.2. The predicted molar refractivity (Wildman–Crippen MR) is 171 cm³/mol. The first-order chi connectivity index (χ1) is 18.4. The van der Waals surface area contributed by atoms with Gasteiger partial charge in [-0.25, -0.2) is 0 Å². The molecule has 0 heterocycles. The summed E-state index contributed by atoms with van der Waals surface area (Å²) in [6.07, 6.45) is 34.2. The van der Waals surface area contributed by atoms with Crippen LogP contribution >= 0.6 is 0 Å². The molecule has 0 fully saturated rings. The van der Waals surface area contributed by atoms with Crippen LogP contribution in [0, 0.1) is 0 Å². The van der Waals surface area contributed by atoms with Crippen molar-refractivity contribution < 1.29 is 4.79 Å². The number of carbonyl (C=O) groups is 1. The Hall–Kier alpha value is -0.570. The molecule has 0 aromatic carbocycles. The summed E-state index contributed by atoms with van der Waals surface area (Å²) >= 11 is 0. The van der Waals surface area contributed by atoms with E-state index in [0.717, 1.165) is 19.6 Å². The van der Waals surface area contributed by atoms with Crippen LogP contribution in [0.2, 0.25) is 0 Å². The second-order valence-electron chi connectivity index (χ2n) is 13.2. The van der Waals surface area contributed by atoms with Crippen LogP contribution in [0.15, 0.2) is 0 Å². The number of nitrogens with one attached hydrogen (secondary N) is 1. The van der Waals surface area contributed by atoms with Crippen LogP contribution < -0.4 is 5.32 Å². The van der Waals surface area contributed by atoms with E-state index in [1.54, 1.807) is 0 Å². The molecule has 3 nitrogen and oxygen atoms in total. The topological polar surface area (TPSA) is 32.3 Å². The molecule has 0 aliphatic carbocycles. The summed E-state index contributed by atoms with van der Waals surface area (Å²) in [4.78, 5) is 15.0. The first-order valence-corrected chi connectivity index (χ1v) is 17.4. The van der Waals surface area contributed by atoms with E-state index in [1.807, 2.05) is 0 Å². The third-order valence-corrected chi connectivity index (χ3v) is 7.83. The Kier molecular flexibility index (Phi) is 27.6. The summed E-state index contributed by atoms with van der Waals surface area (Å²) in [5, 5.41) is 3.14. The molecule has 228 valence electrons. The SMILES string of the molecule is CCCCCCCCCCCCCCN(CCCCCCCCCCCCCC)CCC(=O)NC(C)(C)C. The second kappa shape index (κ2) is 28.0. The van der Waals surface area contributed by atoms with Gasteiger partial charge in [0.15, 0.2) is 0 Å². The largest absolute Gasteiger partial charge is 0.351 e. The molecular formula is C35H72N2O. The Bertz CT molecular complexity index is 457. The maximum Gasteiger partial charge on any atom is 0.221 e. The minimum atomic E-state index is -0.132. The highest BCUT2D eigenvalue weighted by Crippen LogP contribution is 2.14. The fourth-order valence-electron chi connectivity index (χ4n) is 5.43. The molecule has 0 aromatic heterocycles. The van der Waals surface area contributed by atoms with Crippen LogP contribution in [0.3, 0.4) is 0 Å². The predicted octanol–water partition coefficient (Wildman–Crippen LogP) is 11.0. The summed E-state index contributed by atoms with van der Waals surface area (Å²) in [5.41, 5.74) is -0.132. The summed E-state index contributed by atoms with van der Waals surface area (Å²) in [6, 6.07) is 0. The van der Waals surface area contributed by atoms with Crippen molar-refractivity contribution in [3.63, 3.8) is 0 Å². The van der Waals surface area contributed by atoms with Crippen molar-refractivity contribution in [3.05, 3.63) is 0 Å². The summed E-state index contributed by atoms with van der Waals surface area (Å²) in [7, 11) is 0. The molecule has 0 aliphatic rings. The number of unbranched alkanes of at least 4 members (excludes halogenated alkanes) is 22. The van der Waals surface area contributed by atoms with E-state index in [1.165, 1.54) is 154 Å². The normalized spacial score (nSPS) is 11.9. The number of hydrogen-bond acceptors (Lipinski definition) is 2. The lowest BCUT2D eigenvalue weighted by atomic mass is 10.0. The molecule has 0 atom stereocenters. The second-order valence-corrected chi connectivity index (χ2v) is 13.2. The minimum Gasteiger partial charge on any atom is -0.351 e. The van der Waals surface area contributed by atoms with E-state index in [4.69, 9.17) is 0 Å².